The van der Waals surface area contributed by atoms with Crippen LogP contribution in [0.3, 0.4) is 0 Å². The molecule has 1 aromatic rings. The van der Waals surface area contributed by atoms with E-state index < -0.39 is 0 Å². The molecule has 1 saturated heterocycles. The van der Waals surface area contributed by atoms with Gasteiger partial charge in [0.2, 0.25) is 0 Å². The zero-order chi connectivity index (χ0) is 14.5. The molecule has 2 aliphatic rings. The molecule has 0 amide bonds. The molecule has 1 aromatic carbocycles. The van der Waals surface area contributed by atoms with Crippen LogP contribution in [0.1, 0.15) is 38.5 Å². The molecule has 21 heavy (non-hydrogen) atoms. The summed E-state index contributed by atoms with van der Waals surface area (Å²) in [5.41, 5.74) is 1.32. The maximum atomic E-state index is 5.25. The summed E-state index contributed by atoms with van der Waals surface area (Å²) in [4.78, 5) is 2.52. The normalized spacial score (nSPS) is 24.0. The van der Waals surface area contributed by atoms with Gasteiger partial charge in [0.15, 0.2) is 0 Å². The van der Waals surface area contributed by atoms with Crippen molar-refractivity contribution < 1.29 is 4.74 Å². The van der Waals surface area contributed by atoms with Gasteiger partial charge in [-0.2, -0.15) is 0 Å². The highest BCUT2D eigenvalue weighted by molar-refractivity contribution is 5.49. The molecule has 1 aliphatic heterocycles. The van der Waals surface area contributed by atoms with Crippen LogP contribution in [0.25, 0.3) is 0 Å². The Labute approximate surface area is 128 Å². The summed E-state index contributed by atoms with van der Waals surface area (Å²) < 4.78 is 5.25. The topological polar surface area (TPSA) is 24.5 Å². The summed E-state index contributed by atoms with van der Waals surface area (Å²) in [7, 11) is 1.72. The molecule has 3 nitrogen and oxygen atoms in total. The molecule has 0 radical (unpaired) electrons. The van der Waals surface area contributed by atoms with Crippen LogP contribution in [0.2, 0.25) is 0 Å². The monoisotopic (exact) mass is 288 g/mol. The van der Waals surface area contributed by atoms with Crippen molar-refractivity contribution >= 4 is 5.69 Å². The molecule has 0 aromatic heterocycles. The molecular formula is C18H28N2O. The highest BCUT2D eigenvalue weighted by Gasteiger charge is 2.23. The number of nitrogens with zero attached hydrogens (tertiary/aromatic N) is 1. The van der Waals surface area contributed by atoms with Gasteiger partial charge in [-0.25, -0.2) is 0 Å². The van der Waals surface area contributed by atoms with E-state index in [2.05, 4.69) is 34.5 Å². The third kappa shape index (κ3) is 3.91. The Hall–Kier alpha value is -1.22. The van der Waals surface area contributed by atoms with E-state index in [1.165, 1.54) is 44.2 Å². The van der Waals surface area contributed by atoms with Crippen molar-refractivity contribution in [1.82, 2.24) is 5.32 Å². The molecule has 0 bridgehead atoms. The van der Waals surface area contributed by atoms with Crippen LogP contribution in [0, 0.1) is 5.92 Å². The Bertz CT molecular complexity index is 425. The van der Waals surface area contributed by atoms with Crippen molar-refractivity contribution in [3.8, 4) is 5.75 Å². The lowest BCUT2D eigenvalue weighted by atomic mass is 9.84. The summed E-state index contributed by atoms with van der Waals surface area (Å²) in [6, 6.07) is 9.15. The van der Waals surface area contributed by atoms with Gasteiger partial charge in [0.1, 0.15) is 5.75 Å². The molecule has 1 unspecified atom stereocenters. The molecule has 1 atom stereocenters. The van der Waals surface area contributed by atoms with Gasteiger partial charge in [-0.1, -0.05) is 32.1 Å². The minimum absolute atomic E-state index is 0.656. The standard InChI is InChI=1S/C18H28N2O/c1-21-18-9-7-17(8-10-18)20-12-11-19-16(14-20)13-15-5-3-2-4-6-15/h7-10,15-16,19H,2-6,11-14H2,1H3. The van der Waals surface area contributed by atoms with Crippen LogP contribution in [0.5, 0.6) is 5.75 Å². The van der Waals surface area contributed by atoms with Gasteiger partial charge < -0.3 is 15.0 Å². The number of rotatable bonds is 4. The minimum atomic E-state index is 0.656. The maximum Gasteiger partial charge on any atom is 0.119 e. The van der Waals surface area contributed by atoms with Crippen LogP contribution in [0.4, 0.5) is 5.69 Å². The number of methoxy groups -OCH3 is 1. The average Bonchev–Trinajstić information content (AvgIpc) is 2.56. The van der Waals surface area contributed by atoms with Crippen molar-refractivity contribution in [1.29, 1.82) is 0 Å². The Balaban J connectivity index is 1.56. The first-order valence-corrected chi connectivity index (χ1v) is 8.47. The van der Waals surface area contributed by atoms with E-state index in [9.17, 15) is 0 Å². The van der Waals surface area contributed by atoms with Crippen LogP contribution in [-0.2, 0) is 0 Å². The number of nitrogens with one attached hydrogen (secondary N) is 1. The summed E-state index contributed by atoms with van der Waals surface area (Å²) in [5, 5.41) is 3.72. The molecule has 1 heterocycles. The molecule has 3 heteroatoms. The van der Waals surface area contributed by atoms with Gasteiger partial charge in [0.05, 0.1) is 7.11 Å². The fourth-order valence-electron chi connectivity index (χ4n) is 3.84. The van der Waals surface area contributed by atoms with Crippen molar-refractivity contribution in [3.63, 3.8) is 0 Å². The molecule has 1 N–H and O–H groups in total. The van der Waals surface area contributed by atoms with Crippen molar-refractivity contribution in [3.05, 3.63) is 24.3 Å². The van der Waals surface area contributed by atoms with Crippen LogP contribution in [-0.4, -0.2) is 32.8 Å². The number of hydrogen-bond donors (Lipinski definition) is 1. The third-order valence-corrected chi connectivity index (χ3v) is 5.04. The maximum absolute atomic E-state index is 5.25. The van der Waals surface area contributed by atoms with Crippen molar-refractivity contribution in [2.45, 2.75) is 44.6 Å². The lowest BCUT2D eigenvalue weighted by molar-refractivity contribution is 0.289. The number of benzene rings is 1. The fourth-order valence-corrected chi connectivity index (χ4v) is 3.84. The van der Waals surface area contributed by atoms with Crippen LogP contribution >= 0.6 is 0 Å². The number of ether oxygens (including phenoxy) is 1. The molecule has 3 rings (SSSR count). The smallest absolute Gasteiger partial charge is 0.119 e. The molecule has 2 fully saturated rings. The van der Waals surface area contributed by atoms with Crippen molar-refractivity contribution in [2.24, 2.45) is 5.92 Å². The van der Waals surface area contributed by atoms with Gasteiger partial charge in [0.25, 0.3) is 0 Å². The lowest BCUT2D eigenvalue weighted by Gasteiger charge is -2.37. The summed E-state index contributed by atoms with van der Waals surface area (Å²) >= 11 is 0. The van der Waals surface area contributed by atoms with E-state index in [-0.39, 0.29) is 0 Å². The zero-order valence-electron chi connectivity index (χ0n) is 13.2. The summed E-state index contributed by atoms with van der Waals surface area (Å²) in [5.74, 6) is 1.89. The number of hydrogen-bond acceptors (Lipinski definition) is 3. The van der Waals surface area contributed by atoms with E-state index >= 15 is 0 Å². The predicted octanol–water partition coefficient (Wildman–Crippen LogP) is 3.44. The quantitative estimate of drug-likeness (QED) is 0.918. The third-order valence-electron chi connectivity index (χ3n) is 5.04. The summed E-state index contributed by atoms with van der Waals surface area (Å²) in [6.07, 6.45) is 8.58. The van der Waals surface area contributed by atoms with Gasteiger partial charge in [-0.3, -0.25) is 0 Å². The van der Waals surface area contributed by atoms with Gasteiger partial charge >= 0.3 is 0 Å². The highest BCUT2D eigenvalue weighted by Crippen LogP contribution is 2.28. The van der Waals surface area contributed by atoms with E-state index in [0.717, 1.165) is 31.3 Å². The molecule has 1 aliphatic carbocycles. The van der Waals surface area contributed by atoms with Crippen LogP contribution in [0.15, 0.2) is 24.3 Å². The Kier molecular flexibility index (Phi) is 5.02. The largest absolute Gasteiger partial charge is 0.497 e. The first-order chi connectivity index (χ1) is 10.3. The summed E-state index contributed by atoms with van der Waals surface area (Å²) in [6.45, 7) is 3.35. The van der Waals surface area contributed by atoms with E-state index in [1.807, 2.05) is 0 Å². The lowest BCUT2D eigenvalue weighted by Crippen LogP contribution is -2.51. The first-order valence-electron chi connectivity index (χ1n) is 8.47. The molecule has 1 saturated carbocycles. The second-order valence-corrected chi connectivity index (χ2v) is 6.53. The predicted molar refractivity (Wildman–Crippen MR) is 88.2 cm³/mol. The average molecular weight is 288 g/mol. The molecule has 0 spiro atoms. The minimum Gasteiger partial charge on any atom is -0.497 e. The van der Waals surface area contributed by atoms with Crippen molar-refractivity contribution in [2.75, 3.05) is 31.6 Å². The SMILES string of the molecule is COc1ccc(N2CCNC(CC3CCCCC3)C2)cc1. The first kappa shape index (κ1) is 14.7. The second kappa shape index (κ2) is 7.17. The highest BCUT2D eigenvalue weighted by atomic mass is 16.5. The van der Waals surface area contributed by atoms with Gasteiger partial charge in [-0.15, -0.1) is 0 Å². The van der Waals surface area contributed by atoms with E-state index in [1.54, 1.807) is 7.11 Å². The fraction of sp³-hybridized carbons (Fsp3) is 0.667. The van der Waals surface area contributed by atoms with E-state index in [0.29, 0.717) is 6.04 Å². The Morgan fingerprint density at radius 3 is 2.62 bits per heavy atom. The molecule has 116 valence electrons. The van der Waals surface area contributed by atoms with E-state index in [4.69, 9.17) is 4.74 Å². The Morgan fingerprint density at radius 2 is 1.90 bits per heavy atom. The second-order valence-electron chi connectivity index (χ2n) is 6.53. The van der Waals surface area contributed by atoms with Gasteiger partial charge in [0, 0.05) is 31.4 Å². The Morgan fingerprint density at radius 1 is 1.14 bits per heavy atom. The zero-order valence-corrected chi connectivity index (χ0v) is 13.2. The van der Waals surface area contributed by atoms with Crippen LogP contribution < -0.4 is 15.0 Å². The molecular weight excluding hydrogens is 260 g/mol. The number of anilines is 1. The number of piperazine rings is 1. The van der Waals surface area contributed by atoms with Gasteiger partial charge in [-0.05, 0) is 36.6 Å².